The second-order valence-electron chi connectivity index (χ2n) is 4.43. The number of Topliss-reactive ketones (excluding diaryl/α,β-unsaturated/α-hetero) is 1. The molecule has 106 valence electrons. The second kappa shape index (κ2) is 6.14. The fourth-order valence-corrected chi connectivity index (χ4v) is 3.17. The van der Waals surface area contributed by atoms with Crippen LogP contribution in [0.1, 0.15) is 10.4 Å². The summed E-state index contributed by atoms with van der Waals surface area (Å²) < 4.78 is 5.39. The van der Waals surface area contributed by atoms with E-state index < -0.39 is 0 Å². The van der Waals surface area contributed by atoms with Crippen molar-refractivity contribution in [1.82, 2.24) is 0 Å². The molecule has 5 heteroatoms. The summed E-state index contributed by atoms with van der Waals surface area (Å²) in [7, 11) is 0. The number of halogens is 2. The van der Waals surface area contributed by atoms with Crippen LogP contribution in [0.15, 0.2) is 58.0 Å². The Morgan fingerprint density at radius 3 is 2.71 bits per heavy atom. The van der Waals surface area contributed by atoms with Crippen molar-refractivity contribution < 1.29 is 9.21 Å². The van der Waals surface area contributed by atoms with E-state index in [2.05, 4.69) is 0 Å². The van der Waals surface area contributed by atoms with E-state index in [1.54, 1.807) is 12.1 Å². The van der Waals surface area contributed by atoms with Crippen molar-refractivity contribution in [2.45, 2.75) is 4.90 Å². The molecule has 21 heavy (non-hydrogen) atoms. The number of benzene rings is 2. The minimum absolute atomic E-state index is 0.0241. The van der Waals surface area contributed by atoms with E-state index in [4.69, 9.17) is 27.6 Å². The smallest absolute Gasteiger partial charge is 0.176 e. The maximum absolute atomic E-state index is 12.3. The van der Waals surface area contributed by atoms with Crippen LogP contribution in [-0.4, -0.2) is 11.5 Å². The standard InChI is InChI=1S/C16H10Cl2O2S/c17-13-6-5-10(7-14(13)18)21-9-15(19)12-8-20-16-4-2-1-3-11(12)16/h1-8H,9H2. The predicted molar refractivity (Wildman–Crippen MR) is 87.7 cm³/mol. The lowest BCUT2D eigenvalue weighted by Crippen LogP contribution is -2.01. The van der Waals surface area contributed by atoms with Gasteiger partial charge in [-0.25, -0.2) is 0 Å². The third-order valence-corrected chi connectivity index (χ3v) is 4.78. The first kappa shape index (κ1) is 14.5. The highest BCUT2D eigenvalue weighted by Crippen LogP contribution is 2.29. The third kappa shape index (κ3) is 3.10. The summed E-state index contributed by atoms with van der Waals surface area (Å²) in [4.78, 5) is 13.2. The van der Waals surface area contributed by atoms with Crippen LogP contribution in [0.2, 0.25) is 10.0 Å². The summed E-state index contributed by atoms with van der Waals surface area (Å²) >= 11 is 13.3. The van der Waals surface area contributed by atoms with Crippen LogP contribution in [0.3, 0.4) is 0 Å². The minimum atomic E-state index is 0.0241. The molecule has 0 amide bonds. The first-order valence-electron chi connectivity index (χ1n) is 6.22. The molecule has 0 aliphatic rings. The molecule has 0 saturated heterocycles. The monoisotopic (exact) mass is 336 g/mol. The predicted octanol–water partition coefficient (Wildman–Crippen LogP) is 5.71. The van der Waals surface area contributed by atoms with Crippen molar-refractivity contribution in [3.8, 4) is 0 Å². The number of hydrogen-bond acceptors (Lipinski definition) is 3. The summed E-state index contributed by atoms with van der Waals surface area (Å²) in [6, 6.07) is 12.8. The van der Waals surface area contributed by atoms with E-state index >= 15 is 0 Å². The van der Waals surface area contributed by atoms with Crippen LogP contribution in [0, 0.1) is 0 Å². The Labute approximate surface area is 136 Å². The first-order valence-corrected chi connectivity index (χ1v) is 7.96. The molecule has 0 aliphatic carbocycles. The highest BCUT2D eigenvalue weighted by Gasteiger charge is 2.13. The zero-order valence-electron chi connectivity index (χ0n) is 10.8. The Kier molecular flexibility index (Phi) is 4.24. The Hall–Kier alpha value is -1.42. The van der Waals surface area contributed by atoms with Crippen LogP contribution >= 0.6 is 35.0 Å². The molecule has 0 radical (unpaired) electrons. The maximum atomic E-state index is 12.3. The van der Waals surface area contributed by atoms with Gasteiger partial charge in [-0.2, -0.15) is 0 Å². The number of para-hydroxylation sites is 1. The number of fused-ring (bicyclic) bond motifs is 1. The minimum Gasteiger partial charge on any atom is -0.464 e. The molecule has 0 spiro atoms. The van der Waals surface area contributed by atoms with E-state index in [1.807, 2.05) is 30.3 Å². The number of carbonyl (C=O) groups is 1. The third-order valence-electron chi connectivity index (χ3n) is 3.04. The molecule has 2 aromatic carbocycles. The van der Waals surface area contributed by atoms with Crippen molar-refractivity contribution in [3.63, 3.8) is 0 Å². The summed E-state index contributed by atoms with van der Waals surface area (Å²) in [6.45, 7) is 0. The number of carbonyl (C=O) groups excluding carboxylic acids is 1. The van der Waals surface area contributed by atoms with Crippen LogP contribution < -0.4 is 0 Å². The van der Waals surface area contributed by atoms with Gasteiger partial charge in [0.15, 0.2) is 5.78 Å². The van der Waals surface area contributed by atoms with E-state index in [0.717, 1.165) is 15.9 Å². The molecular formula is C16H10Cl2O2S. The van der Waals surface area contributed by atoms with E-state index in [-0.39, 0.29) is 5.78 Å². The lowest BCUT2D eigenvalue weighted by Gasteiger charge is -2.02. The van der Waals surface area contributed by atoms with Gasteiger partial charge in [0.05, 0.1) is 21.4 Å². The Bertz CT molecular complexity index is 811. The largest absolute Gasteiger partial charge is 0.464 e. The summed E-state index contributed by atoms with van der Waals surface area (Å²) in [5, 5.41) is 1.84. The second-order valence-corrected chi connectivity index (χ2v) is 6.30. The molecule has 0 N–H and O–H groups in total. The number of hydrogen-bond donors (Lipinski definition) is 0. The van der Waals surface area contributed by atoms with Crippen molar-refractivity contribution in [2.75, 3.05) is 5.75 Å². The average Bonchev–Trinajstić information content (AvgIpc) is 2.92. The summed E-state index contributed by atoms with van der Waals surface area (Å²) in [5.41, 5.74) is 1.33. The highest BCUT2D eigenvalue weighted by atomic mass is 35.5. The van der Waals surface area contributed by atoms with E-state index in [9.17, 15) is 4.79 Å². The number of furan rings is 1. The van der Waals surface area contributed by atoms with Gasteiger partial charge in [0.2, 0.25) is 0 Å². The molecule has 0 bridgehead atoms. The quantitative estimate of drug-likeness (QED) is 0.451. The average molecular weight is 337 g/mol. The summed E-state index contributed by atoms with van der Waals surface area (Å²) in [5.74, 6) is 0.345. The molecule has 0 unspecified atom stereocenters. The lowest BCUT2D eigenvalue weighted by atomic mass is 10.1. The topological polar surface area (TPSA) is 30.2 Å². The molecule has 3 aromatic rings. The maximum Gasteiger partial charge on any atom is 0.176 e. The molecule has 3 rings (SSSR count). The molecule has 0 fully saturated rings. The van der Waals surface area contributed by atoms with Crippen molar-refractivity contribution in [3.05, 3.63) is 64.3 Å². The van der Waals surface area contributed by atoms with Crippen LogP contribution in [0.5, 0.6) is 0 Å². The van der Waals surface area contributed by atoms with Crippen molar-refractivity contribution >= 4 is 51.7 Å². The highest BCUT2D eigenvalue weighted by molar-refractivity contribution is 8.00. The van der Waals surface area contributed by atoms with Gasteiger partial charge >= 0.3 is 0 Å². The normalized spacial score (nSPS) is 11.0. The van der Waals surface area contributed by atoms with Gasteiger partial charge < -0.3 is 4.42 Å². The molecule has 0 aliphatic heterocycles. The van der Waals surface area contributed by atoms with Gasteiger partial charge in [0, 0.05) is 10.3 Å². The fraction of sp³-hybridized carbons (Fsp3) is 0.0625. The number of rotatable bonds is 4. The zero-order valence-corrected chi connectivity index (χ0v) is 13.1. The van der Waals surface area contributed by atoms with Crippen LogP contribution in [-0.2, 0) is 0 Å². The molecular weight excluding hydrogens is 327 g/mol. The Morgan fingerprint density at radius 1 is 1.10 bits per heavy atom. The number of thioether (sulfide) groups is 1. The number of ketones is 1. The zero-order chi connectivity index (χ0) is 14.8. The van der Waals surface area contributed by atoms with Crippen LogP contribution in [0.4, 0.5) is 0 Å². The van der Waals surface area contributed by atoms with E-state index in [0.29, 0.717) is 21.4 Å². The Balaban J connectivity index is 1.76. The molecule has 1 heterocycles. The van der Waals surface area contributed by atoms with Crippen molar-refractivity contribution in [1.29, 1.82) is 0 Å². The first-order chi connectivity index (χ1) is 10.1. The van der Waals surface area contributed by atoms with Crippen LogP contribution in [0.25, 0.3) is 11.0 Å². The lowest BCUT2D eigenvalue weighted by molar-refractivity contribution is 0.102. The van der Waals surface area contributed by atoms with Gasteiger partial charge in [0.25, 0.3) is 0 Å². The van der Waals surface area contributed by atoms with Gasteiger partial charge in [0.1, 0.15) is 11.8 Å². The van der Waals surface area contributed by atoms with E-state index in [1.165, 1.54) is 18.0 Å². The molecule has 2 nitrogen and oxygen atoms in total. The molecule has 1 aromatic heterocycles. The SMILES string of the molecule is O=C(CSc1ccc(Cl)c(Cl)c1)c1coc2ccccc12. The Morgan fingerprint density at radius 2 is 1.90 bits per heavy atom. The van der Waals surface area contributed by atoms with Gasteiger partial charge in [-0.3, -0.25) is 4.79 Å². The fourth-order valence-electron chi connectivity index (χ4n) is 1.99. The molecule has 0 saturated carbocycles. The van der Waals surface area contributed by atoms with Crippen molar-refractivity contribution in [2.24, 2.45) is 0 Å². The van der Waals surface area contributed by atoms with Gasteiger partial charge in [-0.05, 0) is 24.3 Å². The molecule has 0 atom stereocenters. The van der Waals surface area contributed by atoms with Gasteiger partial charge in [-0.1, -0.05) is 41.4 Å². The van der Waals surface area contributed by atoms with Gasteiger partial charge in [-0.15, -0.1) is 11.8 Å². The summed E-state index contributed by atoms with van der Waals surface area (Å²) in [6.07, 6.45) is 1.52.